The standard InChI is InChI=1S/C23H22F3N3O3/c1-22(20(27)9-11-32-14-23(22,25)26)17-12-16(6-7-18(17)24)29-21(30)19-8-5-15(13-28-19)4-3-10-31-2/h5-9,12-13H,10-11,14,27H2,1-2H3,(H,29,30)/t22-/m0/s1. The van der Waals surface area contributed by atoms with Crippen LogP contribution in [0.4, 0.5) is 18.9 Å². The van der Waals surface area contributed by atoms with E-state index in [1.807, 2.05) is 0 Å². The Labute approximate surface area is 183 Å². The summed E-state index contributed by atoms with van der Waals surface area (Å²) >= 11 is 0. The lowest BCUT2D eigenvalue weighted by Crippen LogP contribution is -2.49. The topological polar surface area (TPSA) is 86.5 Å². The van der Waals surface area contributed by atoms with Crippen LogP contribution in [0.3, 0.4) is 0 Å². The Balaban J connectivity index is 1.88. The van der Waals surface area contributed by atoms with Gasteiger partial charge in [0.1, 0.15) is 30.1 Å². The van der Waals surface area contributed by atoms with Crippen molar-refractivity contribution in [2.75, 3.05) is 32.2 Å². The molecule has 0 saturated carbocycles. The number of halogens is 3. The number of alkyl halides is 2. The molecule has 0 spiro atoms. The molecule has 3 N–H and O–H groups in total. The number of anilines is 1. The van der Waals surface area contributed by atoms with Crippen LogP contribution in [0.25, 0.3) is 0 Å². The van der Waals surface area contributed by atoms with Crippen LogP contribution in [0.1, 0.15) is 28.5 Å². The van der Waals surface area contributed by atoms with E-state index in [9.17, 15) is 18.0 Å². The molecule has 0 unspecified atom stereocenters. The first kappa shape index (κ1) is 23.3. The van der Waals surface area contributed by atoms with Crippen LogP contribution in [-0.2, 0) is 14.9 Å². The highest BCUT2D eigenvalue weighted by Gasteiger charge is 2.55. The number of hydrogen-bond donors (Lipinski definition) is 2. The first-order chi connectivity index (χ1) is 15.2. The third kappa shape index (κ3) is 4.61. The van der Waals surface area contributed by atoms with Gasteiger partial charge in [0.2, 0.25) is 0 Å². The van der Waals surface area contributed by atoms with Crippen LogP contribution < -0.4 is 11.1 Å². The lowest BCUT2D eigenvalue weighted by Gasteiger charge is -2.37. The number of ether oxygens (including phenoxy) is 2. The number of nitrogens with two attached hydrogens (primary N) is 1. The smallest absolute Gasteiger partial charge is 0.285 e. The van der Waals surface area contributed by atoms with Crippen molar-refractivity contribution in [1.82, 2.24) is 4.98 Å². The van der Waals surface area contributed by atoms with E-state index in [0.29, 0.717) is 5.56 Å². The van der Waals surface area contributed by atoms with Gasteiger partial charge in [-0.05, 0) is 43.3 Å². The summed E-state index contributed by atoms with van der Waals surface area (Å²) < 4.78 is 54.2. The Hall–Kier alpha value is -3.35. The zero-order valence-electron chi connectivity index (χ0n) is 17.5. The number of methoxy groups -OCH3 is 1. The van der Waals surface area contributed by atoms with Crippen LogP contribution in [-0.4, -0.2) is 43.7 Å². The molecule has 0 fully saturated rings. The van der Waals surface area contributed by atoms with Crippen molar-refractivity contribution < 1.29 is 27.4 Å². The van der Waals surface area contributed by atoms with Crippen LogP contribution >= 0.6 is 0 Å². The minimum Gasteiger partial charge on any atom is -0.401 e. The molecule has 6 nitrogen and oxygen atoms in total. The average molecular weight is 445 g/mol. The summed E-state index contributed by atoms with van der Waals surface area (Å²) in [7, 11) is 1.52. The van der Waals surface area contributed by atoms with Crippen molar-refractivity contribution in [2.45, 2.75) is 18.3 Å². The van der Waals surface area contributed by atoms with Crippen molar-refractivity contribution in [2.24, 2.45) is 5.73 Å². The van der Waals surface area contributed by atoms with Gasteiger partial charge in [0.25, 0.3) is 11.8 Å². The van der Waals surface area contributed by atoms with Gasteiger partial charge < -0.3 is 20.5 Å². The van der Waals surface area contributed by atoms with E-state index in [2.05, 4.69) is 22.1 Å². The molecular weight excluding hydrogens is 423 g/mol. The molecule has 1 aromatic carbocycles. The Morgan fingerprint density at radius 2 is 2.12 bits per heavy atom. The molecule has 0 bridgehead atoms. The Bertz CT molecular complexity index is 1090. The molecule has 32 heavy (non-hydrogen) atoms. The van der Waals surface area contributed by atoms with E-state index in [-0.39, 0.29) is 35.9 Å². The van der Waals surface area contributed by atoms with Gasteiger partial charge in [-0.1, -0.05) is 11.8 Å². The minimum absolute atomic E-state index is 0.0759. The molecule has 2 aromatic rings. The van der Waals surface area contributed by atoms with Crippen LogP contribution in [0.5, 0.6) is 0 Å². The summed E-state index contributed by atoms with van der Waals surface area (Å²) in [5.41, 5.74) is 3.97. The van der Waals surface area contributed by atoms with Gasteiger partial charge in [-0.15, -0.1) is 0 Å². The Morgan fingerprint density at radius 3 is 2.81 bits per heavy atom. The van der Waals surface area contributed by atoms with Gasteiger partial charge in [0.15, 0.2) is 0 Å². The summed E-state index contributed by atoms with van der Waals surface area (Å²) in [6.45, 7) is 0.397. The number of allylic oxidation sites excluding steroid dienone is 1. The predicted octanol–water partition coefficient (Wildman–Crippen LogP) is 3.24. The first-order valence-electron chi connectivity index (χ1n) is 9.66. The summed E-state index contributed by atoms with van der Waals surface area (Å²) in [4.78, 5) is 16.6. The van der Waals surface area contributed by atoms with Crippen molar-refractivity contribution >= 4 is 11.6 Å². The third-order valence-electron chi connectivity index (χ3n) is 5.22. The molecule has 0 aliphatic carbocycles. The molecule has 0 radical (unpaired) electrons. The number of amides is 1. The number of aromatic nitrogens is 1. The molecule has 1 atom stereocenters. The molecular formula is C23H22F3N3O3. The average Bonchev–Trinajstić information content (AvgIpc) is 2.87. The van der Waals surface area contributed by atoms with E-state index >= 15 is 0 Å². The molecule has 2 heterocycles. The van der Waals surface area contributed by atoms with E-state index in [1.54, 1.807) is 6.07 Å². The lowest BCUT2D eigenvalue weighted by molar-refractivity contribution is -0.108. The van der Waals surface area contributed by atoms with Gasteiger partial charge in [-0.3, -0.25) is 4.79 Å². The van der Waals surface area contributed by atoms with E-state index in [1.165, 1.54) is 31.5 Å². The van der Waals surface area contributed by atoms with E-state index in [4.69, 9.17) is 15.2 Å². The number of pyridine rings is 1. The van der Waals surface area contributed by atoms with Crippen LogP contribution in [0.2, 0.25) is 0 Å². The van der Waals surface area contributed by atoms with Crippen LogP contribution in [0.15, 0.2) is 48.3 Å². The number of carbonyl (C=O) groups is 1. The zero-order chi connectivity index (χ0) is 23.4. The SMILES string of the molecule is COCC#Cc1ccc(C(=O)Nc2ccc(F)c([C@@]3(C)C(N)=CCOCC3(F)F)c2)nc1. The number of nitrogens with zero attached hydrogens (tertiary/aromatic N) is 1. The summed E-state index contributed by atoms with van der Waals surface area (Å²) in [6, 6.07) is 6.51. The predicted molar refractivity (Wildman–Crippen MR) is 113 cm³/mol. The quantitative estimate of drug-likeness (QED) is 0.706. The second-order valence-corrected chi connectivity index (χ2v) is 7.32. The fourth-order valence-corrected chi connectivity index (χ4v) is 3.24. The highest BCUT2D eigenvalue weighted by Crippen LogP contribution is 2.46. The van der Waals surface area contributed by atoms with Crippen molar-refractivity contribution in [3.8, 4) is 11.8 Å². The summed E-state index contributed by atoms with van der Waals surface area (Å²) in [5, 5.41) is 2.55. The van der Waals surface area contributed by atoms with Gasteiger partial charge in [0, 0.05) is 35.8 Å². The largest absolute Gasteiger partial charge is 0.401 e. The van der Waals surface area contributed by atoms with Gasteiger partial charge in [-0.2, -0.15) is 0 Å². The van der Waals surface area contributed by atoms with E-state index in [0.717, 1.165) is 19.1 Å². The number of rotatable bonds is 4. The normalized spacial score (nSPS) is 19.8. The molecule has 1 aliphatic rings. The fraction of sp³-hybridized carbons (Fsp3) is 0.304. The first-order valence-corrected chi connectivity index (χ1v) is 9.66. The Kier molecular flexibility index (Phi) is 6.87. The third-order valence-corrected chi connectivity index (χ3v) is 5.22. The second kappa shape index (κ2) is 9.42. The van der Waals surface area contributed by atoms with Crippen molar-refractivity contribution in [3.63, 3.8) is 0 Å². The van der Waals surface area contributed by atoms with Crippen LogP contribution in [0, 0.1) is 17.7 Å². The lowest BCUT2D eigenvalue weighted by atomic mass is 9.73. The number of nitrogens with one attached hydrogen (secondary N) is 1. The number of hydrogen-bond acceptors (Lipinski definition) is 5. The Morgan fingerprint density at radius 1 is 1.34 bits per heavy atom. The molecule has 3 rings (SSSR count). The van der Waals surface area contributed by atoms with Crippen molar-refractivity contribution in [3.05, 3.63) is 70.9 Å². The molecule has 168 valence electrons. The maximum absolute atomic E-state index is 14.9. The second-order valence-electron chi connectivity index (χ2n) is 7.32. The highest BCUT2D eigenvalue weighted by atomic mass is 19.3. The molecule has 1 amide bonds. The summed E-state index contributed by atoms with van der Waals surface area (Å²) in [6.07, 6.45) is 2.72. The maximum atomic E-state index is 14.9. The fourth-order valence-electron chi connectivity index (χ4n) is 3.24. The summed E-state index contributed by atoms with van der Waals surface area (Å²) in [5.74, 6) is 0.645. The van der Waals surface area contributed by atoms with E-state index < -0.39 is 29.7 Å². The zero-order valence-corrected chi connectivity index (χ0v) is 17.5. The molecule has 1 aliphatic heterocycles. The maximum Gasteiger partial charge on any atom is 0.285 e. The molecule has 1 aromatic heterocycles. The monoisotopic (exact) mass is 445 g/mol. The highest BCUT2D eigenvalue weighted by molar-refractivity contribution is 6.02. The molecule has 9 heteroatoms. The van der Waals surface area contributed by atoms with Crippen molar-refractivity contribution in [1.29, 1.82) is 0 Å². The minimum atomic E-state index is -3.48. The van der Waals surface area contributed by atoms with Gasteiger partial charge in [0.05, 0.1) is 6.61 Å². The van der Waals surface area contributed by atoms with Gasteiger partial charge >= 0.3 is 0 Å². The van der Waals surface area contributed by atoms with Gasteiger partial charge in [-0.25, -0.2) is 18.2 Å². The number of benzene rings is 1. The number of carbonyl (C=O) groups excluding carboxylic acids is 1. The molecule has 0 saturated heterocycles.